The molecule has 100 valence electrons. The van der Waals surface area contributed by atoms with E-state index in [0.29, 0.717) is 10.6 Å². The second-order valence-corrected chi connectivity index (χ2v) is 5.92. The molecule has 0 atom stereocenters. The Morgan fingerprint density at radius 1 is 1.21 bits per heavy atom. The molecular formula is C12H8BrF2NO2S. The zero-order chi connectivity index (χ0) is 13.8. The number of halogens is 3. The zero-order valence-corrected chi connectivity index (χ0v) is 11.8. The number of nitrogens with one attached hydrogen (secondary N) is 1. The number of ether oxygens (including phenoxy) is 1. The molecule has 0 aliphatic rings. The van der Waals surface area contributed by atoms with E-state index >= 15 is 0 Å². The number of alkyl halides is 2. The summed E-state index contributed by atoms with van der Waals surface area (Å²) in [6.45, 7) is -2.86. The Morgan fingerprint density at radius 2 is 1.89 bits per heavy atom. The average Bonchev–Trinajstić information content (AvgIpc) is 2.78. The normalized spacial score (nSPS) is 10.5. The molecule has 1 N–H and O–H groups in total. The Kier molecular flexibility index (Phi) is 4.49. The van der Waals surface area contributed by atoms with E-state index in [2.05, 4.69) is 26.0 Å². The van der Waals surface area contributed by atoms with Crippen LogP contribution >= 0.6 is 27.3 Å². The van der Waals surface area contributed by atoms with E-state index in [0.717, 1.165) is 3.79 Å². The zero-order valence-electron chi connectivity index (χ0n) is 9.40. The summed E-state index contributed by atoms with van der Waals surface area (Å²) in [5.74, 6) is -0.204. The van der Waals surface area contributed by atoms with Crippen LogP contribution in [0.4, 0.5) is 14.5 Å². The summed E-state index contributed by atoms with van der Waals surface area (Å²) in [4.78, 5) is 12.4. The fraction of sp³-hybridized carbons (Fsp3) is 0.0833. The molecular weight excluding hydrogens is 340 g/mol. The second kappa shape index (κ2) is 6.12. The molecule has 3 nitrogen and oxygen atoms in total. The van der Waals surface area contributed by atoms with Crippen molar-refractivity contribution in [2.75, 3.05) is 5.32 Å². The fourth-order valence-corrected chi connectivity index (χ4v) is 2.63. The highest BCUT2D eigenvalue weighted by atomic mass is 79.9. The van der Waals surface area contributed by atoms with Crippen molar-refractivity contribution in [3.05, 3.63) is 45.1 Å². The summed E-state index contributed by atoms with van der Waals surface area (Å²) < 4.78 is 29.0. The number of hydrogen-bond acceptors (Lipinski definition) is 3. The van der Waals surface area contributed by atoms with Crippen molar-refractivity contribution < 1.29 is 18.3 Å². The number of hydrogen-bond donors (Lipinski definition) is 1. The maximum absolute atomic E-state index is 12.0. The van der Waals surface area contributed by atoms with E-state index in [1.807, 2.05) is 0 Å². The highest BCUT2D eigenvalue weighted by molar-refractivity contribution is 9.11. The SMILES string of the molecule is O=C(Nc1ccc(OC(F)F)cc1)c1ccc(Br)s1. The van der Waals surface area contributed by atoms with Gasteiger partial charge in [0, 0.05) is 5.69 Å². The van der Waals surface area contributed by atoms with Crippen molar-refractivity contribution in [1.29, 1.82) is 0 Å². The molecule has 1 amide bonds. The van der Waals surface area contributed by atoms with E-state index < -0.39 is 6.61 Å². The van der Waals surface area contributed by atoms with E-state index in [9.17, 15) is 13.6 Å². The Morgan fingerprint density at radius 3 is 2.42 bits per heavy atom. The number of thiophene rings is 1. The van der Waals surface area contributed by atoms with Crippen LogP contribution in [0.5, 0.6) is 5.75 Å². The molecule has 0 radical (unpaired) electrons. The minimum atomic E-state index is -2.86. The number of benzene rings is 1. The third kappa shape index (κ3) is 4.00. The molecule has 7 heteroatoms. The first-order valence-electron chi connectivity index (χ1n) is 5.16. The lowest BCUT2D eigenvalue weighted by atomic mass is 10.3. The second-order valence-electron chi connectivity index (χ2n) is 3.46. The topological polar surface area (TPSA) is 38.3 Å². The summed E-state index contributed by atoms with van der Waals surface area (Å²) >= 11 is 4.58. The molecule has 19 heavy (non-hydrogen) atoms. The van der Waals surface area contributed by atoms with E-state index in [4.69, 9.17) is 0 Å². The Hall–Kier alpha value is -1.47. The average molecular weight is 348 g/mol. The Bertz CT molecular complexity index is 571. The van der Waals surface area contributed by atoms with Gasteiger partial charge in [0.1, 0.15) is 5.75 Å². The Labute approximate surface area is 120 Å². The molecule has 0 fully saturated rings. The van der Waals surface area contributed by atoms with E-state index in [1.165, 1.54) is 35.6 Å². The van der Waals surface area contributed by atoms with Crippen molar-refractivity contribution in [3.63, 3.8) is 0 Å². The van der Waals surface area contributed by atoms with Crippen LogP contribution in [0.25, 0.3) is 0 Å². The van der Waals surface area contributed by atoms with Crippen molar-refractivity contribution in [2.45, 2.75) is 6.61 Å². The monoisotopic (exact) mass is 347 g/mol. The molecule has 0 saturated heterocycles. The van der Waals surface area contributed by atoms with Crippen molar-refractivity contribution >= 4 is 38.9 Å². The van der Waals surface area contributed by atoms with Gasteiger partial charge in [-0.15, -0.1) is 11.3 Å². The first kappa shape index (κ1) is 14.0. The number of carbonyl (C=O) groups is 1. The van der Waals surface area contributed by atoms with Crippen LogP contribution in [0.3, 0.4) is 0 Å². The lowest BCUT2D eigenvalue weighted by Crippen LogP contribution is -2.10. The van der Waals surface area contributed by atoms with Crippen LogP contribution in [-0.4, -0.2) is 12.5 Å². The van der Waals surface area contributed by atoms with Crippen LogP contribution < -0.4 is 10.1 Å². The molecule has 2 rings (SSSR count). The van der Waals surface area contributed by atoms with Gasteiger partial charge in [0.25, 0.3) is 5.91 Å². The van der Waals surface area contributed by atoms with Crippen LogP contribution in [0, 0.1) is 0 Å². The molecule has 0 aliphatic heterocycles. The first-order valence-corrected chi connectivity index (χ1v) is 6.77. The largest absolute Gasteiger partial charge is 0.435 e. The van der Waals surface area contributed by atoms with E-state index in [-0.39, 0.29) is 11.7 Å². The van der Waals surface area contributed by atoms with Crippen LogP contribution in [0.1, 0.15) is 9.67 Å². The minimum absolute atomic E-state index is 0.0480. The van der Waals surface area contributed by atoms with Gasteiger partial charge in [-0.05, 0) is 52.3 Å². The van der Waals surface area contributed by atoms with Gasteiger partial charge in [-0.2, -0.15) is 8.78 Å². The molecule has 0 unspecified atom stereocenters. The lowest BCUT2D eigenvalue weighted by Gasteiger charge is -2.06. The predicted molar refractivity (Wildman–Crippen MR) is 73.0 cm³/mol. The summed E-state index contributed by atoms with van der Waals surface area (Å²) in [5.41, 5.74) is 0.510. The highest BCUT2D eigenvalue weighted by Crippen LogP contribution is 2.23. The molecule has 1 aromatic heterocycles. The smallest absolute Gasteiger partial charge is 0.387 e. The van der Waals surface area contributed by atoms with Crippen LogP contribution in [-0.2, 0) is 0 Å². The van der Waals surface area contributed by atoms with Crippen molar-refractivity contribution in [2.24, 2.45) is 0 Å². The number of carbonyl (C=O) groups excluding carboxylic acids is 1. The van der Waals surface area contributed by atoms with E-state index in [1.54, 1.807) is 12.1 Å². The maximum atomic E-state index is 12.0. The molecule has 1 aromatic carbocycles. The van der Waals surface area contributed by atoms with Crippen LogP contribution in [0.15, 0.2) is 40.2 Å². The van der Waals surface area contributed by atoms with Gasteiger partial charge < -0.3 is 10.1 Å². The predicted octanol–water partition coefficient (Wildman–Crippen LogP) is 4.36. The third-order valence-corrected chi connectivity index (χ3v) is 3.76. The third-order valence-electron chi connectivity index (χ3n) is 2.13. The molecule has 2 aromatic rings. The quantitative estimate of drug-likeness (QED) is 0.891. The highest BCUT2D eigenvalue weighted by Gasteiger charge is 2.09. The molecule has 0 aliphatic carbocycles. The lowest BCUT2D eigenvalue weighted by molar-refractivity contribution is -0.0498. The molecule has 0 saturated carbocycles. The van der Waals surface area contributed by atoms with Gasteiger partial charge in [0.15, 0.2) is 0 Å². The fourth-order valence-electron chi connectivity index (χ4n) is 1.35. The van der Waals surface area contributed by atoms with Gasteiger partial charge in [-0.25, -0.2) is 0 Å². The minimum Gasteiger partial charge on any atom is -0.435 e. The number of rotatable bonds is 4. The summed E-state index contributed by atoms with van der Waals surface area (Å²) in [6.07, 6.45) is 0. The number of anilines is 1. The van der Waals surface area contributed by atoms with Gasteiger partial charge in [-0.1, -0.05) is 0 Å². The van der Waals surface area contributed by atoms with Crippen molar-refractivity contribution in [3.8, 4) is 5.75 Å². The first-order chi connectivity index (χ1) is 9.04. The standard InChI is InChI=1S/C12H8BrF2NO2S/c13-10-6-5-9(19-10)11(17)16-7-1-3-8(4-2-7)18-12(14)15/h1-6,12H,(H,16,17). The molecule has 1 heterocycles. The molecule has 0 spiro atoms. The summed E-state index contributed by atoms with van der Waals surface area (Å²) in [6, 6.07) is 9.20. The molecule has 0 bridgehead atoms. The van der Waals surface area contributed by atoms with Gasteiger partial charge in [0.2, 0.25) is 0 Å². The van der Waals surface area contributed by atoms with Gasteiger partial charge in [-0.3, -0.25) is 4.79 Å². The summed E-state index contributed by atoms with van der Waals surface area (Å²) in [5, 5.41) is 2.66. The summed E-state index contributed by atoms with van der Waals surface area (Å²) in [7, 11) is 0. The van der Waals surface area contributed by atoms with Gasteiger partial charge in [0.05, 0.1) is 8.66 Å². The number of amides is 1. The van der Waals surface area contributed by atoms with Crippen LogP contribution in [0.2, 0.25) is 0 Å². The maximum Gasteiger partial charge on any atom is 0.387 e. The van der Waals surface area contributed by atoms with Crippen molar-refractivity contribution in [1.82, 2.24) is 0 Å². The Balaban J connectivity index is 2.01. The van der Waals surface area contributed by atoms with Gasteiger partial charge >= 0.3 is 6.61 Å².